The molecule has 0 saturated carbocycles. The van der Waals surface area contributed by atoms with E-state index in [1.807, 2.05) is 29.2 Å². The topological polar surface area (TPSA) is 66.9 Å². The molecule has 0 spiro atoms. The van der Waals surface area contributed by atoms with Gasteiger partial charge in [0, 0.05) is 49.5 Å². The van der Waals surface area contributed by atoms with Crippen LogP contribution in [0.25, 0.3) is 0 Å². The highest BCUT2D eigenvalue weighted by Crippen LogP contribution is 2.28. The summed E-state index contributed by atoms with van der Waals surface area (Å²) in [5.74, 6) is 1.53. The fourth-order valence-corrected chi connectivity index (χ4v) is 7.13. The van der Waals surface area contributed by atoms with E-state index >= 15 is 0 Å². The van der Waals surface area contributed by atoms with E-state index in [1.165, 1.54) is 0 Å². The van der Waals surface area contributed by atoms with Crippen molar-refractivity contribution in [3.8, 4) is 0 Å². The van der Waals surface area contributed by atoms with Gasteiger partial charge in [0.05, 0.1) is 23.2 Å². The molecule has 2 atom stereocenters. The van der Waals surface area contributed by atoms with Gasteiger partial charge in [-0.1, -0.05) is 12.1 Å². The van der Waals surface area contributed by atoms with Crippen LogP contribution in [0, 0.1) is 0 Å². The Kier molecular flexibility index (Phi) is 6.30. The van der Waals surface area contributed by atoms with E-state index < -0.39 is 9.84 Å². The number of sulfone groups is 1. The average molecular weight is 425 g/mol. The number of thioether (sulfide) groups is 1. The number of amides is 1. The van der Waals surface area contributed by atoms with Crippen molar-refractivity contribution in [3.05, 3.63) is 29.8 Å². The first-order valence-electron chi connectivity index (χ1n) is 10.1. The van der Waals surface area contributed by atoms with Gasteiger partial charge in [-0.15, -0.1) is 11.8 Å². The summed E-state index contributed by atoms with van der Waals surface area (Å²) < 4.78 is 29.2. The molecule has 2 unspecified atom stereocenters. The predicted molar refractivity (Wildman–Crippen MR) is 111 cm³/mol. The van der Waals surface area contributed by atoms with Crippen LogP contribution < -0.4 is 0 Å². The Morgan fingerprint density at radius 2 is 1.93 bits per heavy atom. The molecule has 3 heterocycles. The third-order valence-corrected chi connectivity index (χ3v) is 8.85. The molecular weight excluding hydrogens is 396 g/mol. The van der Waals surface area contributed by atoms with Gasteiger partial charge in [0.2, 0.25) is 0 Å². The molecule has 3 saturated heterocycles. The standard InChI is InChI=1S/C20H28N2O4S2/c23-20(18-5-1-2-6-19(18)27-14-17-4-3-12-26-17)22-10-8-21(9-11-22)16-7-13-28(24,25)15-16/h1-2,5-6,16-17H,3-4,7-15H2. The number of benzene rings is 1. The number of nitrogens with zero attached hydrogens (tertiary/aromatic N) is 2. The molecule has 0 N–H and O–H groups in total. The largest absolute Gasteiger partial charge is 0.377 e. The SMILES string of the molecule is O=C(c1ccccc1SCC1CCCO1)N1CCN(C2CCS(=O)(=O)C2)CC1. The van der Waals surface area contributed by atoms with Crippen LogP contribution in [-0.4, -0.2) is 86.3 Å². The van der Waals surface area contributed by atoms with Crippen LogP contribution in [0.5, 0.6) is 0 Å². The van der Waals surface area contributed by atoms with Crippen molar-refractivity contribution < 1.29 is 17.9 Å². The quantitative estimate of drug-likeness (QED) is 0.673. The highest BCUT2D eigenvalue weighted by molar-refractivity contribution is 7.99. The molecule has 3 aliphatic rings. The molecule has 1 amide bonds. The van der Waals surface area contributed by atoms with Crippen molar-refractivity contribution in [2.24, 2.45) is 0 Å². The summed E-state index contributed by atoms with van der Waals surface area (Å²) >= 11 is 1.71. The lowest BCUT2D eigenvalue weighted by Crippen LogP contribution is -2.52. The monoisotopic (exact) mass is 424 g/mol. The molecule has 28 heavy (non-hydrogen) atoms. The minimum Gasteiger partial charge on any atom is -0.377 e. The zero-order chi connectivity index (χ0) is 19.6. The van der Waals surface area contributed by atoms with Crippen LogP contribution in [0.3, 0.4) is 0 Å². The average Bonchev–Trinajstić information content (AvgIpc) is 3.35. The van der Waals surface area contributed by atoms with Gasteiger partial charge in [0.25, 0.3) is 5.91 Å². The first kappa shape index (κ1) is 20.2. The molecule has 0 aromatic heterocycles. The molecular formula is C20H28N2O4S2. The number of rotatable bonds is 5. The van der Waals surface area contributed by atoms with Gasteiger partial charge in [-0.3, -0.25) is 9.69 Å². The molecule has 8 heteroatoms. The Bertz CT molecular complexity index is 800. The van der Waals surface area contributed by atoms with Crippen molar-refractivity contribution in [2.75, 3.05) is 50.0 Å². The van der Waals surface area contributed by atoms with E-state index in [0.717, 1.165) is 55.2 Å². The number of hydrogen-bond acceptors (Lipinski definition) is 6. The second-order valence-corrected chi connectivity index (χ2v) is 11.1. The normalized spacial score (nSPS) is 27.9. The number of piperazine rings is 1. The van der Waals surface area contributed by atoms with Crippen LogP contribution in [0.4, 0.5) is 0 Å². The van der Waals surface area contributed by atoms with Crippen molar-refractivity contribution in [2.45, 2.75) is 36.3 Å². The predicted octanol–water partition coefficient (Wildman–Crippen LogP) is 1.90. The number of hydrogen-bond donors (Lipinski definition) is 0. The Morgan fingerprint density at radius 1 is 1.14 bits per heavy atom. The van der Waals surface area contributed by atoms with Crippen LogP contribution >= 0.6 is 11.8 Å². The summed E-state index contributed by atoms with van der Waals surface area (Å²) in [6.07, 6.45) is 3.23. The summed E-state index contributed by atoms with van der Waals surface area (Å²) in [6, 6.07) is 7.95. The van der Waals surface area contributed by atoms with Gasteiger partial charge >= 0.3 is 0 Å². The number of ether oxygens (including phenoxy) is 1. The van der Waals surface area contributed by atoms with E-state index in [2.05, 4.69) is 4.90 Å². The first-order chi connectivity index (χ1) is 13.5. The van der Waals surface area contributed by atoms with E-state index in [9.17, 15) is 13.2 Å². The molecule has 0 aliphatic carbocycles. The highest BCUT2D eigenvalue weighted by Gasteiger charge is 2.34. The lowest BCUT2D eigenvalue weighted by Gasteiger charge is -2.37. The summed E-state index contributed by atoms with van der Waals surface area (Å²) in [6.45, 7) is 3.65. The van der Waals surface area contributed by atoms with Gasteiger partial charge in [-0.25, -0.2) is 8.42 Å². The molecule has 3 aliphatic heterocycles. The van der Waals surface area contributed by atoms with E-state index in [1.54, 1.807) is 11.8 Å². The Balaban J connectivity index is 1.35. The van der Waals surface area contributed by atoms with Gasteiger partial charge in [0.1, 0.15) is 0 Å². The molecule has 3 fully saturated rings. The van der Waals surface area contributed by atoms with Gasteiger partial charge in [0.15, 0.2) is 9.84 Å². The molecule has 154 valence electrons. The molecule has 6 nitrogen and oxygen atoms in total. The van der Waals surface area contributed by atoms with Gasteiger partial charge < -0.3 is 9.64 Å². The van der Waals surface area contributed by atoms with E-state index in [4.69, 9.17) is 4.74 Å². The number of carbonyl (C=O) groups excluding carboxylic acids is 1. The fraction of sp³-hybridized carbons (Fsp3) is 0.650. The maximum Gasteiger partial charge on any atom is 0.255 e. The van der Waals surface area contributed by atoms with Crippen molar-refractivity contribution in [1.82, 2.24) is 9.80 Å². The van der Waals surface area contributed by atoms with Crippen LogP contribution in [0.2, 0.25) is 0 Å². The minimum absolute atomic E-state index is 0.0779. The fourth-order valence-electron chi connectivity index (χ4n) is 4.25. The molecule has 1 aromatic rings. The summed E-state index contributed by atoms with van der Waals surface area (Å²) in [5, 5.41) is 0. The second-order valence-electron chi connectivity index (χ2n) is 7.83. The molecule has 0 radical (unpaired) electrons. The first-order valence-corrected chi connectivity index (χ1v) is 12.9. The molecule has 4 rings (SSSR count). The van der Waals surface area contributed by atoms with Crippen LogP contribution in [-0.2, 0) is 14.6 Å². The summed E-state index contributed by atoms with van der Waals surface area (Å²) in [4.78, 5) is 18.3. The lowest BCUT2D eigenvalue weighted by molar-refractivity contribution is 0.0584. The third kappa shape index (κ3) is 4.72. The third-order valence-electron chi connectivity index (χ3n) is 5.89. The summed E-state index contributed by atoms with van der Waals surface area (Å²) in [7, 11) is -2.87. The summed E-state index contributed by atoms with van der Waals surface area (Å²) in [5.41, 5.74) is 0.766. The molecule has 1 aromatic carbocycles. The zero-order valence-corrected chi connectivity index (χ0v) is 17.7. The highest BCUT2D eigenvalue weighted by atomic mass is 32.2. The maximum atomic E-state index is 13.1. The van der Waals surface area contributed by atoms with Crippen LogP contribution in [0.15, 0.2) is 29.2 Å². The lowest BCUT2D eigenvalue weighted by atomic mass is 10.1. The van der Waals surface area contributed by atoms with Gasteiger partial charge in [-0.05, 0) is 31.4 Å². The Hall–Kier alpha value is -1.09. The van der Waals surface area contributed by atoms with Crippen molar-refractivity contribution >= 4 is 27.5 Å². The number of carbonyl (C=O) groups is 1. The van der Waals surface area contributed by atoms with E-state index in [0.29, 0.717) is 24.9 Å². The smallest absolute Gasteiger partial charge is 0.255 e. The minimum atomic E-state index is -2.87. The van der Waals surface area contributed by atoms with Gasteiger partial charge in [-0.2, -0.15) is 0 Å². The molecule has 0 bridgehead atoms. The maximum absolute atomic E-state index is 13.1. The Labute approximate surface area is 171 Å². The van der Waals surface area contributed by atoms with Crippen molar-refractivity contribution in [1.29, 1.82) is 0 Å². The zero-order valence-electron chi connectivity index (χ0n) is 16.1. The second kappa shape index (κ2) is 8.73. The van der Waals surface area contributed by atoms with E-state index in [-0.39, 0.29) is 17.7 Å². The van der Waals surface area contributed by atoms with Crippen LogP contribution in [0.1, 0.15) is 29.6 Å². The van der Waals surface area contributed by atoms with Crippen molar-refractivity contribution in [3.63, 3.8) is 0 Å². The Morgan fingerprint density at radius 3 is 2.61 bits per heavy atom.